The van der Waals surface area contributed by atoms with Crippen LogP contribution in [0.5, 0.6) is 0 Å². The molecule has 0 atom stereocenters. The van der Waals surface area contributed by atoms with Gasteiger partial charge >= 0.3 is 0 Å². The lowest BCUT2D eigenvalue weighted by Gasteiger charge is -2.26. The predicted molar refractivity (Wildman–Crippen MR) is 204 cm³/mol. The van der Waals surface area contributed by atoms with Crippen LogP contribution in [0.15, 0.2) is 184 Å². The molecule has 8 aromatic carbocycles. The Kier molecular flexibility index (Phi) is 3.70. The Bertz CT molecular complexity index is 3640. The molecular weight excluding hydrogens is 599 g/mol. The van der Waals surface area contributed by atoms with E-state index in [4.69, 9.17) is 17.1 Å². The molecule has 0 saturated heterocycles. The molecule has 2 heterocycles. The monoisotopic (exact) mass is 642 g/mol. The Morgan fingerprint density at radius 3 is 1.94 bits per heavy atom. The molecule has 10 rings (SSSR count). The largest absolute Gasteiger partial charge is 0.456 e. The maximum Gasteiger partial charge on any atom is 0.143 e. The van der Waals surface area contributed by atoms with Gasteiger partial charge < -0.3 is 13.7 Å². The zero-order chi connectivity index (χ0) is 45.4. The summed E-state index contributed by atoms with van der Waals surface area (Å²) < 4.78 is 149. The fourth-order valence-electron chi connectivity index (χ4n) is 6.21. The van der Waals surface area contributed by atoms with Crippen molar-refractivity contribution in [3.63, 3.8) is 0 Å². The first-order valence-electron chi connectivity index (χ1n) is 22.9. The van der Waals surface area contributed by atoms with Crippen molar-refractivity contribution < 1.29 is 29.4 Å². The minimum absolute atomic E-state index is 0.00295. The molecule has 0 radical (unpaired) electrons. The topological polar surface area (TPSA) is 29.5 Å². The van der Waals surface area contributed by atoms with Gasteiger partial charge in [-0.15, -0.1) is 0 Å². The van der Waals surface area contributed by atoms with E-state index in [0.717, 1.165) is 15.7 Å². The van der Waals surface area contributed by atoms with Crippen LogP contribution in [-0.4, -0.2) is 0 Å². The summed E-state index contributed by atoms with van der Waals surface area (Å²) >= 11 is 0. The molecule has 49 heavy (non-hydrogen) atoms. The number of anilines is 3. The van der Waals surface area contributed by atoms with Gasteiger partial charge in [-0.25, -0.2) is 0 Å². The number of nitrogens with zero attached hydrogens (tertiary/aromatic N) is 1. The minimum Gasteiger partial charge on any atom is -0.456 e. The van der Waals surface area contributed by atoms with E-state index in [2.05, 4.69) is 0 Å². The van der Waals surface area contributed by atoms with Crippen LogP contribution in [0.4, 0.5) is 17.1 Å². The van der Waals surface area contributed by atoms with E-state index in [9.17, 15) is 12.3 Å². The Hall–Kier alpha value is -6.58. The highest BCUT2D eigenvalue weighted by molar-refractivity contribution is 6.19. The van der Waals surface area contributed by atoms with E-state index in [0.29, 0.717) is 27.5 Å². The number of benzene rings is 8. The summed E-state index contributed by atoms with van der Waals surface area (Å²) in [7, 11) is 0. The van der Waals surface area contributed by atoms with E-state index in [1.807, 2.05) is 36.4 Å². The molecule has 10 aromatic rings. The van der Waals surface area contributed by atoms with Gasteiger partial charge in [-0.05, 0) is 88.1 Å². The van der Waals surface area contributed by atoms with Crippen molar-refractivity contribution in [3.8, 4) is 22.3 Å². The Morgan fingerprint density at radius 1 is 0.429 bits per heavy atom. The molecule has 0 fully saturated rings. The number of para-hydroxylation sites is 1. The highest BCUT2D eigenvalue weighted by Crippen LogP contribution is 2.45. The summed E-state index contributed by atoms with van der Waals surface area (Å²) in [4.78, 5) is 1.16. The van der Waals surface area contributed by atoms with Crippen molar-refractivity contribution in [2.24, 2.45) is 0 Å². The average molecular weight is 643 g/mol. The zero-order valence-corrected chi connectivity index (χ0v) is 25.3. The van der Waals surface area contributed by atoms with Crippen LogP contribution in [0.3, 0.4) is 0 Å². The van der Waals surface area contributed by atoms with E-state index in [1.165, 1.54) is 0 Å². The SMILES string of the molecule is [2H]c1c([2H])c(N(c2c([2H])c([2H])c(-c3c([2H])c([2H])c4oc5c([2H])c([2H])c([2H])c([2H])c5c4c3[2H])c([2H])c2[2H])c2cccc3oc4c5ccccc5ccc4c23)c([2H])c([2H])c1-c1ccccc1. The Balaban J connectivity index is 1.32. The molecular formula is C46H29NO2. The van der Waals surface area contributed by atoms with Gasteiger partial charge in [0.2, 0.25) is 0 Å². The summed E-state index contributed by atoms with van der Waals surface area (Å²) in [5.74, 6) is 0. The zero-order valence-electron chi connectivity index (χ0n) is 40.3. The molecule has 0 aliphatic heterocycles. The van der Waals surface area contributed by atoms with Crippen LogP contribution >= 0.6 is 0 Å². The van der Waals surface area contributed by atoms with Crippen molar-refractivity contribution in [2.75, 3.05) is 4.90 Å². The van der Waals surface area contributed by atoms with Gasteiger partial charge in [0.1, 0.15) is 22.3 Å². The van der Waals surface area contributed by atoms with E-state index in [1.54, 1.807) is 48.5 Å². The quantitative estimate of drug-likeness (QED) is 0.187. The highest BCUT2D eigenvalue weighted by atomic mass is 16.3. The first-order chi connectivity index (χ1) is 30.6. The fourth-order valence-corrected chi connectivity index (χ4v) is 6.21. The lowest BCUT2D eigenvalue weighted by atomic mass is 10.0. The number of rotatable bonds is 5. The van der Waals surface area contributed by atoms with Crippen molar-refractivity contribution in [3.05, 3.63) is 176 Å². The second-order valence-corrected chi connectivity index (χ2v) is 11.3. The van der Waals surface area contributed by atoms with Crippen molar-refractivity contribution in [1.82, 2.24) is 0 Å². The number of hydrogen-bond donors (Lipinski definition) is 0. The van der Waals surface area contributed by atoms with Crippen LogP contribution in [0.25, 0.3) is 76.9 Å². The molecule has 0 spiro atoms. The molecule has 230 valence electrons. The Labute approximate surface area is 303 Å². The van der Waals surface area contributed by atoms with Crippen molar-refractivity contribution in [1.29, 1.82) is 0 Å². The molecule has 0 saturated carbocycles. The third-order valence-electron chi connectivity index (χ3n) is 8.47. The standard InChI is InChI=1S/C46H29NO2/c1-2-9-30(10-3-1)31-17-23-35(24-18-31)47(41-14-8-16-44-45(41)39-27-21-33-11-4-5-12-37(33)46(39)49-44)36-25-19-32(20-26-36)34-22-28-43-40(29-34)38-13-6-7-15-42(38)48-43/h1-29H/i6D,7D,13D,15D,17D,18D,19D,20D,22D,23D,24D,25D,26D,28D,29D. The van der Waals surface area contributed by atoms with Crippen molar-refractivity contribution >= 4 is 71.7 Å². The van der Waals surface area contributed by atoms with Crippen LogP contribution in [0.2, 0.25) is 0 Å². The molecule has 0 bridgehead atoms. The number of furan rings is 2. The predicted octanol–water partition coefficient (Wildman–Crippen LogP) is 13.4. The Morgan fingerprint density at radius 2 is 1.12 bits per heavy atom. The molecule has 0 aliphatic rings. The fraction of sp³-hybridized carbons (Fsp3) is 0. The molecule has 0 unspecified atom stereocenters. The molecule has 2 aromatic heterocycles. The smallest absolute Gasteiger partial charge is 0.143 e. The number of fused-ring (bicyclic) bond motifs is 8. The lowest BCUT2D eigenvalue weighted by molar-refractivity contribution is 0.669. The van der Waals surface area contributed by atoms with Gasteiger partial charge in [0.15, 0.2) is 0 Å². The van der Waals surface area contributed by atoms with Gasteiger partial charge in [0.25, 0.3) is 0 Å². The maximum absolute atomic E-state index is 9.63. The summed E-state index contributed by atoms with van der Waals surface area (Å²) in [5, 5.41) is 2.07. The molecule has 0 aliphatic carbocycles. The molecule has 0 N–H and O–H groups in total. The first-order valence-corrected chi connectivity index (χ1v) is 15.4. The molecule has 3 nitrogen and oxygen atoms in total. The first kappa shape index (κ1) is 16.5. The van der Waals surface area contributed by atoms with E-state index < -0.39 is 119 Å². The van der Waals surface area contributed by atoms with Crippen molar-refractivity contribution in [2.45, 2.75) is 0 Å². The molecule has 3 heteroatoms. The summed E-state index contributed by atoms with van der Waals surface area (Å²) in [5.41, 5.74) is -1.41. The van der Waals surface area contributed by atoms with Gasteiger partial charge in [0.05, 0.1) is 31.6 Å². The minimum atomic E-state index is -0.789. The second-order valence-electron chi connectivity index (χ2n) is 11.3. The summed E-state index contributed by atoms with van der Waals surface area (Å²) in [6.07, 6.45) is 0. The maximum atomic E-state index is 9.63. The normalized spacial score (nSPS) is 16.0. The van der Waals surface area contributed by atoms with Crippen LogP contribution < -0.4 is 4.90 Å². The van der Waals surface area contributed by atoms with Gasteiger partial charge in [0, 0.05) is 32.9 Å². The third kappa shape index (κ3) is 4.51. The number of hydrogen-bond acceptors (Lipinski definition) is 3. The molecule has 0 amide bonds. The highest BCUT2D eigenvalue weighted by Gasteiger charge is 2.20. The lowest BCUT2D eigenvalue weighted by Crippen LogP contribution is -2.10. The van der Waals surface area contributed by atoms with E-state index in [-0.39, 0.29) is 27.6 Å². The van der Waals surface area contributed by atoms with Crippen LogP contribution in [0.1, 0.15) is 20.6 Å². The van der Waals surface area contributed by atoms with Gasteiger partial charge in [-0.3, -0.25) is 0 Å². The van der Waals surface area contributed by atoms with E-state index >= 15 is 0 Å². The second kappa shape index (κ2) is 11.0. The summed E-state index contributed by atoms with van der Waals surface area (Å²) in [6, 6.07) is 15.0. The third-order valence-corrected chi connectivity index (χ3v) is 8.47. The van der Waals surface area contributed by atoms with Crippen LogP contribution in [-0.2, 0) is 0 Å². The average Bonchev–Trinajstić information content (AvgIpc) is 3.90. The van der Waals surface area contributed by atoms with Gasteiger partial charge in [-0.2, -0.15) is 0 Å². The van der Waals surface area contributed by atoms with Crippen LogP contribution in [0, 0.1) is 0 Å². The van der Waals surface area contributed by atoms with Gasteiger partial charge in [-0.1, -0.05) is 115 Å². The summed E-state index contributed by atoms with van der Waals surface area (Å²) in [6.45, 7) is 0.